The van der Waals surface area contributed by atoms with E-state index in [0.717, 1.165) is 0 Å². The van der Waals surface area contributed by atoms with Crippen LogP contribution < -0.4 is 9.47 Å². The minimum absolute atomic E-state index is 0.0214. The molecule has 1 unspecified atom stereocenters. The molecule has 1 saturated carbocycles. The summed E-state index contributed by atoms with van der Waals surface area (Å²) in [6.45, 7) is 2.50. The maximum atomic E-state index is 14.0. The topological polar surface area (TPSA) is 44.8 Å². The summed E-state index contributed by atoms with van der Waals surface area (Å²) in [6, 6.07) is 2.89. The van der Waals surface area contributed by atoms with Crippen LogP contribution in [0.1, 0.15) is 18.4 Å². The summed E-state index contributed by atoms with van der Waals surface area (Å²) in [6.07, 6.45) is 0. The van der Waals surface area contributed by atoms with Gasteiger partial charge < -0.3 is 14.2 Å². The van der Waals surface area contributed by atoms with Crippen molar-refractivity contribution in [2.45, 2.75) is 12.8 Å². The predicted molar refractivity (Wildman–Crippen MR) is 64.8 cm³/mol. The molecule has 2 aliphatic rings. The van der Waals surface area contributed by atoms with Crippen LogP contribution in [0, 0.1) is 17.7 Å². The first-order valence-electron chi connectivity index (χ1n) is 6.34. The van der Waals surface area contributed by atoms with Gasteiger partial charge in [0.2, 0.25) is 0 Å². The summed E-state index contributed by atoms with van der Waals surface area (Å²) in [7, 11) is 1.51. The van der Waals surface area contributed by atoms with E-state index in [1.165, 1.54) is 19.2 Å². The molecule has 19 heavy (non-hydrogen) atoms. The molecule has 1 fully saturated rings. The smallest absolute Gasteiger partial charge is 0.309 e. The van der Waals surface area contributed by atoms with Crippen molar-refractivity contribution in [3.63, 3.8) is 0 Å². The lowest BCUT2D eigenvalue weighted by atomic mass is 10.0. The fourth-order valence-electron chi connectivity index (χ4n) is 2.89. The minimum Gasteiger partial charge on any atom is -0.493 e. The Morgan fingerprint density at radius 1 is 1.53 bits per heavy atom. The highest BCUT2D eigenvalue weighted by atomic mass is 19.1. The number of rotatable bonds is 3. The van der Waals surface area contributed by atoms with Gasteiger partial charge in [0.1, 0.15) is 5.82 Å². The largest absolute Gasteiger partial charge is 0.493 e. The standard InChI is InChI=1S/C14H15FO4/c1-3-18-14(16)11-7-6-19-13-9(17-2)5-4-8(15)12(13)10(7)11/h4-5,7,10-11H,3,6H2,1-2H3/t7-,10+,11?/m0/s1. The lowest BCUT2D eigenvalue weighted by Crippen LogP contribution is -2.11. The van der Waals surface area contributed by atoms with Gasteiger partial charge >= 0.3 is 5.97 Å². The van der Waals surface area contributed by atoms with Crippen molar-refractivity contribution in [3.05, 3.63) is 23.5 Å². The highest BCUT2D eigenvalue weighted by molar-refractivity contribution is 5.79. The van der Waals surface area contributed by atoms with Crippen LogP contribution >= 0.6 is 0 Å². The SMILES string of the molecule is CCOC(=O)C1[C@H]2COc3c(OC)ccc(F)c3[C@@H]12. The molecule has 3 atom stereocenters. The van der Waals surface area contributed by atoms with Crippen molar-refractivity contribution in [2.75, 3.05) is 20.3 Å². The molecule has 0 spiro atoms. The fourth-order valence-corrected chi connectivity index (χ4v) is 2.89. The maximum Gasteiger partial charge on any atom is 0.309 e. The molecule has 0 amide bonds. The molecule has 1 aliphatic carbocycles. The van der Waals surface area contributed by atoms with E-state index in [4.69, 9.17) is 14.2 Å². The number of hydrogen-bond acceptors (Lipinski definition) is 4. The molecule has 0 N–H and O–H groups in total. The molecule has 0 bridgehead atoms. The fraction of sp³-hybridized carbons (Fsp3) is 0.500. The van der Waals surface area contributed by atoms with Gasteiger partial charge in [-0.25, -0.2) is 4.39 Å². The molecule has 5 heteroatoms. The Labute approximate surface area is 110 Å². The van der Waals surface area contributed by atoms with Crippen molar-refractivity contribution in [3.8, 4) is 11.5 Å². The van der Waals surface area contributed by atoms with Gasteiger partial charge in [0.25, 0.3) is 0 Å². The normalized spacial score (nSPS) is 26.8. The Kier molecular flexibility index (Phi) is 2.84. The maximum absolute atomic E-state index is 14.0. The van der Waals surface area contributed by atoms with E-state index in [-0.39, 0.29) is 29.5 Å². The number of carbonyl (C=O) groups is 1. The highest BCUT2D eigenvalue weighted by Crippen LogP contribution is 2.61. The molecule has 1 aromatic rings. The van der Waals surface area contributed by atoms with Crippen molar-refractivity contribution in [2.24, 2.45) is 11.8 Å². The van der Waals surface area contributed by atoms with E-state index in [1.807, 2.05) is 0 Å². The van der Waals surface area contributed by atoms with Crippen LogP contribution in [0.2, 0.25) is 0 Å². The number of ether oxygens (including phenoxy) is 3. The van der Waals surface area contributed by atoms with Gasteiger partial charge in [-0.3, -0.25) is 4.79 Å². The first-order chi connectivity index (χ1) is 9.19. The van der Waals surface area contributed by atoms with Gasteiger partial charge in [-0.1, -0.05) is 0 Å². The number of hydrogen-bond donors (Lipinski definition) is 0. The first-order valence-corrected chi connectivity index (χ1v) is 6.34. The van der Waals surface area contributed by atoms with E-state index < -0.39 is 0 Å². The Morgan fingerprint density at radius 2 is 2.32 bits per heavy atom. The van der Waals surface area contributed by atoms with Crippen molar-refractivity contribution < 1.29 is 23.4 Å². The second-order valence-corrected chi connectivity index (χ2v) is 4.77. The van der Waals surface area contributed by atoms with Crippen molar-refractivity contribution >= 4 is 5.97 Å². The molecule has 1 aliphatic heterocycles. The molecule has 0 saturated heterocycles. The molecule has 1 heterocycles. The van der Waals surface area contributed by atoms with Gasteiger partial charge in [-0.2, -0.15) is 0 Å². The number of benzene rings is 1. The highest BCUT2D eigenvalue weighted by Gasteiger charge is 2.61. The summed E-state index contributed by atoms with van der Waals surface area (Å²) in [5.41, 5.74) is 0.452. The van der Waals surface area contributed by atoms with Crippen LogP contribution in [0.15, 0.2) is 12.1 Å². The predicted octanol–water partition coefficient (Wildman–Crippen LogP) is 2.12. The molecule has 0 aromatic heterocycles. The molecule has 4 nitrogen and oxygen atoms in total. The molecule has 0 radical (unpaired) electrons. The van der Waals surface area contributed by atoms with Crippen LogP contribution in [-0.2, 0) is 9.53 Å². The monoisotopic (exact) mass is 266 g/mol. The average Bonchev–Trinajstić information content (AvgIpc) is 3.13. The van der Waals surface area contributed by atoms with Crippen LogP contribution in [0.3, 0.4) is 0 Å². The van der Waals surface area contributed by atoms with Gasteiger partial charge in [0.15, 0.2) is 11.5 Å². The molecular weight excluding hydrogens is 251 g/mol. The zero-order valence-corrected chi connectivity index (χ0v) is 10.8. The van der Waals surface area contributed by atoms with Crippen LogP contribution in [0.4, 0.5) is 4.39 Å². The van der Waals surface area contributed by atoms with E-state index in [9.17, 15) is 9.18 Å². The van der Waals surface area contributed by atoms with Crippen molar-refractivity contribution in [1.29, 1.82) is 0 Å². The third-order valence-electron chi connectivity index (χ3n) is 3.81. The Bertz CT molecular complexity index is 528. The van der Waals surface area contributed by atoms with E-state index in [0.29, 0.717) is 30.3 Å². The third kappa shape index (κ3) is 1.76. The summed E-state index contributed by atoms with van der Waals surface area (Å²) in [5, 5.41) is 0. The second kappa shape index (κ2) is 4.40. The molecular formula is C14H15FO4. The van der Waals surface area contributed by atoms with Crippen LogP contribution in [-0.4, -0.2) is 26.3 Å². The summed E-state index contributed by atoms with van der Waals surface area (Å²) in [5.74, 6) is -0.0952. The number of halogens is 1. The Morgan fingerprint density at radius 3 is 3.00 bits per heavy atom. The lowest BCUT2D eigenvalue weighted by Gasteiger charge is -2.19. The van der Waals surface area contributed by atoms with Crippen molar-refractivity contribution in [1.82, 2.24) is 0 Å². The van der Waals surface area contributed by atoms with Gasteiger partial charge in [0.05, 0.1) is 26.2 Å². The summed E-state index contributed by atoms with van der Waals surface area (Å²) >= 11 is 0. The minimum atomic E-state index is -0.350. The second-order valence-electron chi connectivity index (χ2n) is 4.77. The first kappa shape index (κ1) is 12.3. The Balaban J connectivity index is 1.96. The van der Waals surface area contributed by atoms with Gasteiger partial charge in [0, 0.05) is 17.4 Å². The van der Waals surface area contributed by atoms with Crippen LogP contribution in [0.5, 0.6) is 11.5 Å². The van der Waals surface area contributed by atoms with E-state index in [2.05, 4.69) is 0 Å². The van der Waals surface area contributed by atoms with E-state index >= 15 is 0 Å². The molecule has 3 rings (SSSR count). The average molecular weight is 266 g/mol. The number of fused-ring (bicyclic) bond motifs is 3. The lowest BCUT2D eigenvalue weighted by molar-refractivity contribution is -0.145. The Hall–Kier alpha value is -1.78. The van der Waals surface area contributed by atoms with Gasteiger partial charge in [-0.05, 0) is 19.1 Å². The number of carbonyl (C=O) groups excluding carboxylic acids is 1. The zero-order chi connectivity index (χ0) is 13.6. The molecule has 1 aromatic carbocycles. The third-order valence-corrected chi connectivity index (χ3v) is 3.81. The van der Waals surface area contributed by atoms with E-state index in [1.54, 1.807) is 6.92 Å². The quantitative estimate of drug-likeness (QED) is 0.786. The summed E-state index contributed by atoms with van der Waals surface area (Å²) in [4.78, 5) is 11.8. The van der Waals surface area contributed by atoms with Gasteiger partial charge in [-0.15, -0.1) is 0 Å². The van der Waals surface area contributed by atoms with Crippen LogP contribution in [0.25, 0.3) is 0 Å². The summed E-state index contributed by atoms with van der Waals surface area (Å²) < 4.78 is 29.8. The number of esters is 1. The number of methoxy groups -OCH3 is 1. The zero-order valence-electron chi connectivity index (χ0n) is 10.8. The molecule has 102 valence electrons.